The second-order valence-corrected chi connectivity index (χ2v) is 13.5. The minimum Gasteiger partial charge on any atom is -0.223 e. The average molecular weight is 570 g/mol. The highest BCUT2D eigenvalue weighted by Gasteiger charge is 2.21. The standard InChI is InChI=1S/C28H26O7PS2/c29-36(34-19-23-11-15-25(16-12-23)21-37(30,31)27-7-3-1-4-8-27)35-20-24-13-17-26(18-14-24)22-38(32,33)28-9-5-2-6-10-28/h1-18H,19-22H2/q+1. The third kappa shape index (κ3) is 7.90. The van der Waals surface area contributed by atoms with Crippen molar-refractivity contribution in [1.82, 2.24) is 0 Å². The first-order valence-corrected chi connectivity index (χ1v) is 16.1. The van der Waals surface area contributed by atoms with E-state index in [2.05, 4.69) is 0 Å². The van der Waals surface area contributed by atoms with Crippen molar-refractivity contribution in [1.29, 1.82) is 0 Å². The van der Waals surface area contributed by atoms with E-state index in [1.165, 1.54) is 0 Å². The van der Waals surface area contributed by atoms with Gasteiger partial charge in [0.05, 0.1) is 21.3 Å². The fourth-order valence-corrected chi connectivity index (χ4v) is 6.94. The van der Waals surface area contributed by atoms with Crippen LogP contribution in [0.5, 0.6) is 0 Å². The second-order valence-electron chi connectivity index (χ2n) is 8.55. The van der Waals surface area contributed by atoms with Gasteiger partial charge in [0.25, 0.3) is 0 Å². The SMILES string of the molecule is O=[P+](OCc1ccc(CS(=O)(=O)c2ccccc2)cc1)OCc1ccc(CS(=O)(=O)c2ccccc2)cc1. The number of benzene rings is 4. The van der Waals surface area contributed by atoms with Crippen LogP contribution in [0.25, 0.3) is 0 Å². The molecule has 0 atom stereocenters. The molecule has 0 fully saturated rings. The first kappa shape index (κ1) is 27.8. The molecule has 7 nitrogen and oxygen atoms in total. The maximum absolute atomic E-state index is 12.5. The second kappa shape index (κ2) is 12.6. The summed E-state index contributed by atoms with van der Waals surface area (Å²) in [6.07, 6.45) is 0. The highest BCUT2D eigenvalue weighted by atomic mass is 32.2. The van der Waals surface area contributed by atoms with Crippen LogP contribution in [-0.4, -0.2) is 16.8 Å². The fraction of sp³-hybridized carbons (Fsp3) is 0.143. The number of hydrogen-bond acceptors (Lipinski definition) is 7. The molecule has 4 aromatic carbocycles. The predicted octanol–water partition coefficient (Wildman–Crippen LogP) is 6.03. The van der Waals surface area contributed by atoms with Gasteiger partial charge in [0.1, 0.15) is 13.2 Å². The van der Waals surface area contributed by atoms with E-state index in [1.54, 1.807) is 109 Å². The Balaban J connectivity index is 1.23. The van der Waals surface area contributed by atoms with Crippen LogP contribution in [0.2, 0.25) is 0 Å². The van der Waals surface area contributed by atoms with E-state index in [4.69, 9.17) is 9.05 Å². The summed E-state index contributed by atoms with van der Waals surface area (Å²) in [6.45, 7) is 0.0778. The van der Waals surface area contributed by atoms with E-state index in [9.17, 15) is 21.4 Å². The molecule has 0 aliphatic rings. The van der Waals surface area contributed by atoms with Gasteiger partial charge in [-0.15, -0.1) is 9.05 Å². The Morgan fingerprint density at radius 2 is 0.789 bits per heavy atom. The molecule has 38 heavy (non-hydrogen) atoms. The van der Waals surface area contributed by atoms with Crippen LogP contribution in [0.3, 0.4) is 0 Å². The molecule has 4 rings (SSSR count). The lowest BCUT2D eigenvalue weighted by atomic mass is 10.2. The zero-order valence-corrected chi connectivity index (χ0v) is 22.9. The molecule has 4 aromatic rings. The maximum Gasteiger partial charge on any atom is 0.698 e. The predicted molar refractivity (Wildman–Crippen MR) is 145 cm³/mol. The summed E-state index contributed by atoms with van der Waals surface area (Å²) in [5.74, 6) is -0.237. The third-order valence-corrected chi connectivity index (χ3v) is 9.72. The molecule has 0 N–H and O–H groups in total. The molecule has 0 spiro atoms. The molecule has 0 radical (unpaired) electrons. The molecule has 0 saturated carbocycles. The van der Waals surface area contributed by atoms with Crippen LogP contribution < -0.4 is 0 Å². The highest BCUT2D eigenvalue weighted by molar-refractivity contribution is 7.91. The van der Waals surface area contributed by atoms with E-state index < -0.39 is 27.9 Å². The fourth-order valence-electron chi connectivity index (χ4n) is 3.62. The zero-order chi connectivity index (χ0) is 27.0. The van der Waals surface area contributed by atoms with Crippen molar-refractivity contribution in [3.63, 3.8) is 0 Å². The lowest BCUT2D eigenvalue weighted by Gasteiger charge is -2.05. The Morgan fingerprint density at radius 1 is 0.474 bits per heavy atom. The molecule has 0 amide bonds. The van der Waals surface area contributed by atoms with Crippen LogP contribution in [-0.2, 0) is 58.0 Å². The summed E-state index contributed by atoms with van der Waals surface area (Å²) in [4.78, 5) is 0.543. The van der Waals surface area contributed by atoms with Gasteiger partial charge in [-0.1, -0.05) is 84.9 Å². The molecule has 0 saturated heterocycles. The topological polar surface area (TPSA) is 104 Å². The van der Waals surface area contributed by atoms with Crippen molar-refractivity contribution in [2.45, 2.75) is 34.5 Å². The summed E-state index contributed by atoms with van der Waals surface area (Å²) in [6, 6.07) is 30.2. The first-order valence-electron chi connectivity index (χ1n) is 11.7. The lowest BCUT2D eigenvalue weighted by molar-refractivity contribution is 0.213. The monoisotopic (exact) mass is 569 g/mol. The first-order chi connectivity index (χ1) is 18.2. The summed E-state index contributed by atoms with van der Waals surface area (Å²) in [5.41, 5.74) is 2.72. The average Bonchev–Trinajstić information content (AvgIpc) is 2.93. The Hall–Kier alpha value is -3.20. The van der Waals surface area contributed by atoms with E-state index >= 15 is 0 Å². The molecule has 196 valence electrons. The Morgan fingerprint density at radius 3 is 1.13 bits per heavy atom. The zero-order valence-electron chi connectivity index (χ0n) is 20.3. The maximum atomic E-state index is 12.5. The van der Waals surface area contributed by atoms with E-state index in [1.807, 2.05) is 0 Å². The number of rotatable bonds is 12. The van der Waals surface area contributed by atoms with Gasteiger partial charge in [-0.2, -0.15) is 0 Å². The van der Waals surface area contributed by atoms with Crippen molar-refractivity contribution in [3.05, 3.63) is 131 Å². The molecule has 0 aliphatic carbocycles. The highest BCUT2D eigenvalue weighted by Crippen LogP contribution is 2.28. The molecule has 0 aliphatic heterocycles. The van der Waals surface area contributed by atoms with Crippen molar-refractivity contribution >= 4 is 27.9 Å². The van der Waals surface area contributed by atoms with Gasteiger partial charge in [0, 0.05) is 4.57 Å². The lowest BCUT2D eigenvalue weighted by Crippen LogP contribution is -2.04. The largest absolute Gasteiger partial charge is 0.698 e. The van der Waals surface area contributed by atoms with E-state index in [-0.39, 0.29) is 34.5 Å². The van der Waals surface area contributed by atoms with Crippen molar-refractivity contribution in [2.75, 3.05) is 0 Å². The number of sulfone groups is 2. The molecular formula is C28H26O7PS2+. The number of hydrogen-bond donors (Lipinski definition) is 0. The van der Waals surface area contributed by atoms with Gasteiger partial charge < -0.3 is 0 Å². The van der Waals surface area contributed by atoms with Crippen LogP contribution in [0, 0.1) is 0 Å². The van der Waals surface area contributed by atoms with Gasteiger partial charge >= 0.3 is 8.25 Å². The molecule has 0 aromatic heterocycles. The van der Waals surface area contributed by atoms with Gasteiger partial charge in [0.15, 0.2) is 19.7 Å². The molecule has 10 heteroatoms. The van der Waals surface area contributed by atoms with Gasteiger partial charge in [0.2, 0.25) is 0 Å². The molecule has 0 heterocycles. The molecule has 0 unspecified atom stereocenters. The Bertz CT molecular complexity index is 1450. The van der Waals surface area contributed by atoms with Crippen LogP contribution in [0.15, 0.2) is 119 Å². The van der Waals surface area contributed by atoms with Gasteiger partial charge in [-0.3, -0.25) is 0 Å². The Labute approximate surface area is 223 Å². The van der Waals surface area contributed by atoms with Crippen molar-refractivity contribution < 1.29 is 30.4 Å². The summed E-state index contributed by atoms with van der Waals surface area (Å²) >= 11 is 0. The van der Waals surface area contributed by atoms with Crippen molar-refractivity contribution in [3.8, 4) is 0 Å². The molecular weight excluding hydrogens is 543 g/mol. The van der Waals surface area contributed by atoms with Crippen LogP contribution in [0.4, 0.5) is 0 Å². The minimum absolute atomic E-state index is 0.0389. The van der Waals surface area contributed by atoms with Gasteiger partial charge in [-0.05, 0) is 46.5 Å². The minimum atomic E-state index is -3.44. The van der Waals surface area contributed by atoms with E-state index in [0.717, 1.165) is 11.1 Å². The quantitative estimate of drug-likeness (QED) is 0.192. The molecule has 0 bridgehead atoms. The summed E-state index contributed by atoms with van der Waals surface area (Å²) < 4.78 is 72.8. The van der Waals surface area contributed by atoms with Crippen LogP contribution >= 0.6 is 8.25 Å². The normalized spacial score (nSPS) is 11.8. The summed E-state index contributed by atoms with van der Waals surface area (Å²) in [5, 5.41) is 0. The van der Waals surface area contributed by atoms with Crippen LogP contribution in [0.1, 0.15) is 22.3 Å². The smallest absolute Gasteiger partial charge is 0.223 e. The van der Waals surface area contributed by atoms with Gasteiger partial charge in [-0.25, -0.2) is 16.8 Å². The van der Waals surface area contributed by atoms with E-state index in [0.29, 0.717) is 11.1 Å². The Kier molecular flexibility index (Phi) is 9.20. The summed E-state index contributed by atoms with van der Waals surface area (Å²) in [7, 11) is -9.27. The third-order valence-electron chi connectivity index (χ3n) is 5.64. The van der Waals surface area contributed by atoms with Crippen molar-refractivity contribution in [2.24, 2.45) is 0 Å².